The van der Waals surface area contributed by atoms with E-state index in [1.165, 1.54) is 12.8 Å². The van der Waals surface area contributed by atoms with Crippen LogP contribution in [0.15, 0.2) is 28.2 Å². The van der Waals surface area contributed by atoms with Crippen LogP contribution in [0, 0.1) is 0 Å². The lowest BCUT2D eigenvalue weighted by atomic mass is 10.2. The normalized spacial score (nSPS) is 21.8. The number of thioether (sulfide) groups is 1. The fourth-order valence-electron chi connectivity index (χ4n) is 3.68. The van der Waals surface area contributed by atoms with Gasteiger partial charge >= 0.3 is 0 Å². The zero-order valence-electron chi connectivity index (χ0n) is 13.5. The Bertz CT molecular complexity index is 795. The van der Waals surface area contributed by atoms with Gasteiger partial charge in [0.1, 0.15) is 0 Å². The van der Waals surface area contributed by atoms with Crippen LogP contribution < -0.4 is 5.56 Å². The van der Waals surface area contributed by atoms with Crippen molar-refractivity contribution in [2.24, 2.45) is 0 Å². The van der Waals surface area contributed by atoms with Crippen molar-refractivity contribution >= 4 is 34.3 Å². The van der Waals surface area contributed by atoms with E-state index in [9.17, 15) is 4.79 Å². The highest BCUT2D eigenvalue weighted by molar-refractivity contribution is 7.99. The van der Waals surface area contributed by atoms with Crippen molar-refractivity contribution in [3.63, 3.8) is 0 Å². The molecule has 1 aromatic carbocycles. The number of hydrogen-bond donors (Lipinski definition) is 0. The maximum Gasteiger partial charge on any atom is 0.262 e. The molecule has 4 rings (SSSR count). The number of fused-ring (bicyclic) bond motifs is 1. The molecule has 4 nitrogen and oxygen atoms in total. The third-order valence-corrected chi connectivity index (χ3v) is 6.26. The highest BCUT2D eigenvalue weighted by Crippen LogP contribution is 2.33. The summed E-state index contributed by atoms with van der Waals surface area (Å²) >= 11 is 7.75. The molecule has 0 radical (unpaired) electrons. The molecule has 1 atom stereocenters. The molecule has 1 aromatic heterocycles. The van der Waals surface area contributed by atoms with Crippen LogP contribution in [0.1, 0.15) is 44.6 Å². The molecule has 1 aliphatic carbocycles. The summed E-state index contributed by atoms with van der Waals surface area (Å²) in [5.74, 6) is 0.852. The molecule has 2 aromatic rings. The van der Waals surface area contributed by atoms with Gasteiger partial charge in [0.15, 0.2) is 5.16 Å². The topological polar surface area (TPSA) is 44.1 Å². The summed E-state index contributed by atoms with van der Waals surface area (Å²) in [5.41, 5.74) is 0.759. The Labute approximate surface area is 150 Å². The molecule has 1 unspecified atom stereocenters. The van der Waals surface area contributed by atoms with Crippen molar-refractivity contribution in [1.82, 2.24) is 9.55 Å². The quantitative estimate of drug-likeness (QED) is 0.594. The van der Waals surface area contributed by atoms with E-state index >= 15 is 0 Å². The van der Waals surface area contributed by atoms with E-state index < -0.39 is 0 Å². The van der Waals surface area contributed by atoms with Crippen LogP contribution >= 0.6 is 23.4 Å². The van der Waals surface area contributed by atoms with Crippen molar-refractivity contribution in [3.8, 4) is 0 Å². The molecule has 2 heterocycles. The second kappa shape index (κ2) is 7.06. The lowest BCUT2D eigenvalue weighted by molar-refractivity contribution is 0.129. The Morgan fingerprint density at radius 3 is 2.83 bits per heavy atom. The second-order valence-corrected chi connectivity index (χ2v) is 8.04. The van der Waals surface area contributed by atoms with Gasteiger partial charge < -0.3 is 4.74 Å². The van der Waals surface area contributed by atoms with Gasteiger partial charge in [-0.25, -0.2) is 4.98 Å². The van der Waals surface area contributed by atoms with E-state index in [0.717, 1.165) is 43.2 Å². The van der Waals surface area contributed by atoms with Crippen molar-refractivity contribution < 1.29 is 4.74 Å². The zero-order chi connectivity index (χ0) is 16.5. The molecule has 2 fully saturated rings. The van der Waals surface area contributed by atoms with Gasteiger partial charge in [0.2, 0.25) is 0 Å². The summed E-state index contributed by atoms with van der Waals surface area (Å²) in [4.78, 5) is 17.9. The first-order valence-corrected chi connectivity index (χ1v) is 10.0. The van der Waals surface area contributed by atoms with Crippen molar-refractivity contribution in [2.75, 3.05) is 12.4 Å². The fourth-order valence-corrected chi connectivity index (χ4v) is 4.98. The number of hydrogen-bond acceptors (Lipinski definition) is 4. The molecule has 1 aliphatic heterocycles. The molecule has 0 spiro atoms. The van der Waals surface area contributed by atoms with E-state index in [0.29, 0.717) is 15.9 Å². The monoisotopic (exact) mass is 364 g/mol. The van der Waals surface area contributed by atoms with Gasteiger partial charge in [0, 0.05) is 23.4 Å². The minimum absolute atomic E-state index is 0.0680. The third-order valence-electron chi connectivity index (χ3n) is 4.94. The Balaban J connectivity index is 1.75. The number of nitrogens with zero attached hydrogens (tertiary/aromatic N) is 2. The predicted octanol–water partition coefficient (Wildman–Crippen LogP) is 4.44. The Kier molecular flexibility index (Phi) is 4.83. The van der Waals surface area contributed by atoms with Crippen LogP contribution in [0.25, 0.3) is 10.9 Å². The summed E-state index contributed by atoms with van der Waals surface area (Å²) in [5, 5.41) is 2.09. The Morgan fingerprint density at radius 2 is 2.08 bits per heavy atom. The first-order valence-electron chi connectivity index (χ1n) is 8.68. The van der Waals surface area contributed by atoms with Gasteiger partial charge in [-0.1, -0.05) is 36.2 Å². The lowest BCUT2D eigenvalue weighted by Gasteiger charge is -2.19. The van der Waals surface area contributed by atoms with E-state index in [-0.39, 0.29) is 17.7 Å². The maximum absolute atomic E-state index is 13.1. The summed E-state index contributed by atoms with van der Waals surface area (Å²) in [6.07, 6.45) is 7.00. The van der Waals surface area contributed by atoms with Gasteiger partial charge in [-0.3, -0.25) is 9.36 Å². The van der Waals surface area contributed by atoms with Gasteiger partial charge in [-0.2, -0.15) is 0 Å². The van der Waals surface area contributed by atoms with Gasteiger partial charge in [-0.15, -0.1) is 0 Å². The summed E-state index contributed by atoms with van der Waals surface area (Å²) in [7, 11) is 0. The number of ether oxygens (including phenoxy) is 1. The Hall–Kier alpha value is -1.04. The van der Waals surface area contributed by atoms with E-state index in [4.69, 9.17) is 21.3 Å². The van der Waals surface area contributed by atoms with Gasteiger partial charge in [-0.05, 0) is 43.9 Å². The van der Waals surface area contributed by atoms with Crippen LogP contribution in [0.2, 0.25) is 5.02 Å². The maximum atomic E-state index is 13.1. The summed E-state index contributed by atoms with van der Waals surface area (Å²) < 4.78 is 7.65. The van der Waals surface area contributed by atoms with Crippen molar-refractivity contribution in [2.45, 2.75) is 55.8 Å². The molecule has 0 N–H and O–H groups in total. The van der Waals surface area contributed by atoms with Crippen LogP contribution in [0.3, 0.4) is 0 Å². The van der Waals surface area contributed by atoms with Crippen LogP contribution in [0.5, 0.6) is 0 Å². The highest BCUT2D eigenvalue weighted by atomic mass is 35.5. The zero-order valence-corrected chi connectivity index (χ0v) is 15.1. The largest absolute Gasteiger partial charge is 0.377 e. The van der Waals surface area contributed by atoms with Crippen molar-refractivity contribution in [3.05, 3.63) is 33.6 Å². The third kappa shape index (κ3) is 3.22. The summed E-state index contributed by atoms with van der Waals surface area (Å²) in [6.45, 7) is 0.849. The SMILES string of the molecule is O=c1c2ccc(Cl)cc2nc(SCC2CCCO2)n1C1CCCC1. The van der Waals surface area contributed by atoms with Crippen molar-refractivity contribution in [1.29, 1.82) is 0 Å². The molecule has 1 saturated heterocycles. The molecule has 6 heteroatoms. The Morgan fingerprint density at radius 1 is 1.25 bits per heavy atom. The molecule has 0 amide bonds. The standard InChI is InChI=1S/C18H21ClN2O2S/c19-12-7-8-15-16(10-12)20-18(24-11-14-6-3-9-23-14)21(17(15)22)13-4-1-2-5-13/h7-8,10,13-14H,1-6,9,11H2. The van der Waals surface area contributed by atoms with E-state index in [1.54, 1.807) is 30.0 Å². The molecule has 2 aliphatic rings. The smallest absolute Gasteiger partial charge is 0.262 e. The first-order chi connectivity index (χ1) is 11.7. The molecular weight excluding hydrogens is 344 g/mol. The molecule has 0 bridgehead atoms. The molecule has 128 valence electrons. The minimum atomic E-state index is 0.0680. The average Bonchev–Trinajstić information content (AvgIpc) is 3.26. The van der Waals surface area contributed by atoms with Crippen LogP contribution in [0.4, 0.5) is 0 Å². The van der Waals surface area contributed by atoms with E-state index in [2.05, 4.69) is 0 Å². The van der Waals surface area contributed by atoms with Gasteiger partial charge in [0.05, 0.1) is 17.0 Å². The average molecular weight is 365 g/mol. The van der Waals surface area contributed by atoms with Gasteiger partial charge in [0.25, 0.3) is 5.56 Å². The lowest BCUT2D eigenvalue weighted by Crippen LogP contribution is -2.27. The first kappa shape index (κ1) is 16.4. The fraction of sp³-hybridized carbons (Fsp3) is 0.556. The van der Waals surface area contributed by atoms with E-state index in [1.807, 2.05) is 4.57 Å². The highest BCUT2D eigenvalue weighted by Gasteiger charge is 2.24. The number of benzene rings is 1. The molecule has 24 heavy (non-hydrogen) atoms. The minimum Gasteiger partial charge on any atom is -0.377 e. The number of aromatic nitrogens is 2. The predicted molar refractivity (Wildman–Crippen MR) is 98.2 cm³/mol. The molecule has 1 saturated carbocycles. The second-order valence-electron chi connectivity index (χ2n) is 6.62. The number of halogens is 1. The molecular formula is C18H21ClN2O2S. The summed E-state index contributed by atoms with van der Waals surface area (Å²) in [6, 6.07) is 5.63. The number of rotatable bonds is 4. The van der Waals surface area contributed by atoms with Crippen LogP contribution in [-0.2, 0) is 4.74 Å². The van der Waals surface area contributed by atoms with Crippen LogP contribution in [-0.4, -0.2) is 28.0 Å².